The van der Waals surface area contributed by atoms with Crippen LogP contribution in [0.5, 0.6) is 0 Å². The lowest BCUT2D eigenvalue weighted by molar-refractivity contribution is 0.892. The monoisotopic (exact) mass is 348 g/mol. The zero-order chi connectivity index (χ0) is 17.2. The van der Waals surface area contributed by atoms with Crippen LogP contribution in [0.2, 0.25) is 0 Å². The molecule has 0 bridgehead atoms. The Labute approximate surface area is 149 Å². The summed E-state index contributed by atoms with van der Waals surface area (Å²) in [7, 11) is 0. The Kier molecular flexibility index (Phi) is 4.11. The maximum Gasteiger partial charge on any atom is 0.258 e. The fourth-order valence-electron chi connectivity index (χ4n) is 2.69. The molecule has 4 rings (SSSR count). The fourth-order valence-corrected chi connectivity index (χ4v) is 3.55. The predicted molar refractivity (Wildman–Crippen MR) is 99.3 cm³/mol. The predicted octanol–water partition coefficient (Wildman–Crippen LogP) is 3.48. The maximum atomic E-state index is 12.2. The highest BCUT2D eigenvalue weighted by Gasteiger charge is 2.08. The number of fused-ring (bicyclic) bond motifs is 1. The first kappa shape index (κ1) is 15.7. The molecular formula is C19H16N4OS. The molecule has 1 aromatic carbocycles. The molecular weight excluding hydrogens is 332 g/mol. The summed E-state index contributed by atoms with van der Waals surface area (Å²) in [6, 6.07) is 15.4. The number of thioether (sulfide) groups is 1. The minimum atomic E-state index is -0.0665. The van der Waals surface area contributed by atoms with Gasteiger partial charge in [-0.1, -0.05) is 30.0 Å². The van der Waals surface area contributed by atoms with Crippen LogP contribution < -0.4 is 5.56 Å². The van der Waals surface area contributed by atoms with Crippen molar-refractivity contribution in [1.82, 2.24) is 18.9 Å². The lowest BCUT2D eigenvalue weighted by atomic mass is 10.2. The second kappa shape index (κ2) is 6.57. The van der Waals surface area contributed by atoms with E-state index in [2.05, 4.69) is 35.1 Å². The molecule has 5 nitrogen and oxygen atoms in total. The molecule has 0 fully saturated rings. The van der Waals surface area contributed by atoms with E-state index in [4.69, 9.17) is 0 Å². The van der Waals surface area contributed by atoms with Crippen molar-refractivity contribution in [2.24, 2.45) is 0 Å². The Balaban J connectivity index is 1.61. The van der Waals surface area contributed by atoms with Crippen LogP contribution in [0.25, 0.3) is 11.3 Å². The van der Waals surface area contributed by atoms with Crippen molar-refractivity contribution in [2.45, 2.75) is 17.8 Å². The van der Waals surface area contributed by atoms with Gasteiger partial charge in [-0.2, -0.15) is 0 Å². The van der Waals surface area contributed by atoms with Gasteiger partial charge in [-0.3, -0.25) is 13.8 Å². The van der Waals surface area contributed by atoms with Crippen LogP contribution in [-0.4, -0.2) is 18.9 Å². The molecule has 0 spiro atoms. The number of benzene rings is 1. The molecule has 0 saturated heterocycles. The molecule has 0 unspecified atom stereocenters. The third-order valence-electron chi connectivity index (χ3n) is 3.86. The molecule has 4 aromatic rings. The second-order valence-electron chi connectivity index (χ2n) is 5.72. The quantitative estimate of drug-likeness (QED) is 0.530. The number of aryl methyl sites for hydroxylation is 1. The van der Waals surface area contributed by atoms with Gasteiger partial charge in [0.1, 0.15) is 5.65 Å². The topological polar surface area (TPSA) is 52.2 Å². The van der Waals surface area contributed by atoms with Gasteiger partial charge in [-0.05, 0) is 36.8 Å². The van der Waals surface area contributed by atoms with E-state index in [0.717, 1.165) is 16.5 Å². The van der Waals surface area contributed by atoms with E-state index in [0.29, 0.717) is 11.4 Å². The van der Waals surface area contributed by atoms with Crippen LogP contribution in [0.4, 0.5) is 0 Å². The summed E-state index contributed by atoms with van der Waals surface area (Å²) in [5.41, 5.74) is 3.62. The molecule has 0 atom stereocenters. The van der Waals surface area contributed by atoms with Crippen molar-refractivity contribution >= 4 is 17.4 Å². The van der Waals surface area contributed by atoms with Crippen molar-refractivity contribution in [3.63, 3.8) is 0 Å². The highest BCUT2D eigenvalue weighted by molar-refractivity contribution is 7.98. The number of aromatic nitrogens is 4. The van der Waals surface area contributed by atoms with Gasteiger partial charge >= 0.3 is 0 Å². The summed E-state index contributed by atoms with van der Waals surface area (Å²) in [6.45, 7) is 2.07. The number of nitrogens with zero attached hydrogens (tertiary/aromatic N) is 4. The normalized spacial score (nSPS) is 11.1. The van der Waals surface area contributed by atoms with Crippen molar-refractivity contribution in [3.05, 3.63) is 88.7 Å². The SMILES string of the molecule is Cc1cccc(-n2ccnc2SCc2cc(=O)n3ccccc3n2)c1. The van der Waals surface area contributed by atoms with Gasteiger partial charge in [0.2, 0.25) is 0 Å². The summed E-state index contributed by atoms with van der Waals surface area (Å²) in [6.07, 6.45) is 5.46. The van der Waals surface area contributed by atoms with Crippen LogP contribution in [0.1, 0.15) is 11.3 Å². The third kappa shape index (κ3) is 3.21. The van der Waals surface area contributed by atoms with Crippen LogP contribution in [0.3, 0.4) is 0 Å². The van der Waals surface area contributed by atoms with Gasteiger partial charge in [0.15, 0.2) is 5.16 Å². The summed E-state index contributed by atoms with van der Waals surface area (Å²) in [4.78, 5) is 21.2. The van der Waals surface area contributed by atoms with E-state index in [9.17, 15) is 4.79 Å². The number of hydrogen-bond acceptors (Lipinski definition) is 4. The van der Waals surface area contributed by atoms with Crippen molar-refractivity contribution in [2.75, 3.05) is 0 Å². The van der Waals surface area contributed by atoms with Crippen molar-refractivity contribution in [3.8, 4) is 5.69 Å². The summed E-state index contributed by atoms with van der Waals surface area (Å²) >= 11 is 1.57. The van der Waals surface area contributed by atoms with Crippen LogP contribution in [-0.2, 0) is 5.75 Å². The van der Waals surface area contributed by atoms with E-state index in [1.54, 1.807) is 34.6 Å². The Bertz CT molecular complexity index is 1100. The van der Waals surface area contributed by atoms with Crippen LogP contribution in [0.15, 0.2) is 77.1 Å². The first-order valence-electron chi connectivity index (χ1n) is 7.91. The van der Waals surface area contributed by atoms with Gasteiger partial charge < -0.3 is 0 Å². The average Bonchev–Trinajstić information content (AvgIpc) is 3.09. The van der Waals surface area contributed by atoms with E-state index in [-0.39, 0.29) is 5.56 Å². The largest absolute Gasteiger partial charge is 0.295 e. The first-order chi connectivity index (χ1) is 12.2. The van der Waals surface area contributed by atoms with Crippen molar-refractivity contribution in [1.29, 1.82) is 0 Å². The second-order valence-corrected chi connectivity index (χ2v) is 6.66. The molecule has 0 saturated carbocycles. The standard InChI is InChI=1S/C19H16N4OS/c1-14-5-4-6-16(11-14)22-10-8-20-19(22)25-13-15-12-18(24)23-9-3-2-7-17(23)21-15/h2-12H,13H2,1H3. The molecule has 3 aromatic heterocycles. The highest BCUT2D eigenvalue weighted by atomic mass is 32.2. The Morgan fingerprint density at radius 1 is 1.08 bits per heavy atom. The third-order valence-corrected chi connectivity index (χ3v) is 4.86. The molecule has 0 amide bonds. The number of rotatable bonds is 4. The zero-order valence-corrected chi connectivity index (χ0v) is 14.5. The molecule has 25 heavy (non-hydrogen) atoms. The fraction of sp³-hybridized carbons (Fsp3) is 0.105. The molecule has 0 aliphatic heterocycles. The lowest BCUT2D eigenvalue weighted by Crippen LogP contribution is -2.14. The van der Waals surface area contributed by atoms with E-state index in [1.165, 1.54) is 5.56 Å². The zero-order valence-electron chi connectivity index (χ0n) is 13.7. The van der Waals surface area contributed by atoms with Crippen molar-refractivity contribution < 1.29 is 0 Å². The first-order valence-corrected chi connectivity index (χ1v) is 8.90. The molecule has 0 N–H and O–H groups in total. The molecule has 0 aliphatic rings. The smallest absolute Gasteiger partial charge is 0.258 e. The summed E-state index contributed by atoms with van der Waals surface area (Å²) < 4.78 is 3.59. The Morgan fingerprint density at radius 3 is 2.88 bits per heavy atom. The summed E-state index contributed by atoms with van der Waals surface area (Å²) in [5, 5.41) is 0.876. The van der Waals surface area contributed by atoms with Crippen LogP contribution in [0, 0.1) is 6.92 Å². The van der Waals surface area contributed by atoms with Gasteiger partial charge in [0.25, 0.3) is 5.56 Å². The van der Waals surface area contributed by atoms with E-state index >= 15 is 0 Å². The number of pyridine rings is 1. The molecule has 0 aliphatic carbocycles. The van der Waals surface area contributed by atoms with Gasteiger partial charge in [0, 0.05) is 36.1 Å². The number of imidazole rings is 1. The minimum Gasteiger partial charge on any atom is -0.295 e. The number of hydrogen-bond donors (Lipinski definition) is 0. The molecule has 0 radical (unpaired) electrons. The van der Waals surface area contributed by atoms with Gasteiger partial charge in [0.05, 0.1) is 5.69 Å². The molecule has 6 heteroatoms. The average molecular weight is 348 g/mol. The highest BCUT2D eigenvalue weighted by Crippen LogP contribution is 2.23. The van der Waals surface area contributed by atoms with E-state index in [1.807, 2.05) is 35.0 Å². The minimum absolute atomic E-state index is 0.0665. The lowest BCUT2D eigenvalue weighted by Gasteiger charge is -2.08. The Morgan fingerprint density at radius 2 is 2.00 bits per heavy atom. The molecule has 124 valence electrons. The van der Waals surface area contributed by atoms with Crippen LogP contribution >= 0.6 is 11.8 Å². The van der Waals surface area contributed by atoms with Gasteiger partial charge in [-0.25, -0.2) is 9.97 Å². The molecule has 3 heterocycles. The maximum absolute atomic E-state index is 12.2. The Hall–Kier alpha value is -2.86. The summed E-state index contributed by atoms with van der Waals surface area (Å²) in [5.74, 6) is 0.587. The van der Waals surface area contributed by atoms with Gasteiger partial charge in [-0.15, -0.1) is 0 Å². The van der Waals surface area contributed by atoms with E-state index < -0.39 is 0 Å².